The molecule has 6 nitrogen and oxygen atoms in total. The Balaban J connectivity index is 3.16. The summed E-state index contributed by atoms with van der Waals surface area (Å²) in [4.78, 5) is 18.0. The fourth-order valence-corrected chi connectivity index (χ4v) is 2.74. The van der Waals surface area contributed by atoms with Crippen LogP contribution in [0.2, 0.25) is 0 Å². The lowest BCUT2D eigenvalue weighted by Crippen LogP contribution is -2.27. The highest BCUT2D eigenvalue weighted by Crippen LogP contribution is 2.45. The van der Waals surface area contributed by atoms with Crippen molar-refractivity contribution in [2.45, 2.75) is 27.2 Å². The summed E-state index contributed by atoms with van der Waals surface area (Å²) in [6.45, 7) is 5.68. The molecule has 0 spiro atoms. The maximum Gasteiger partial charge on any atom is 0.396 e. The monoisotopic (exact) mass is 260 g/mol. The molecule has 1 heterocycles. The largest absolute Gasteiger partial charge is 0.396 e. The average Bonchev–Trinajstić information content (AvgIpc) is 2.29. The lowest BCUT2D eigenvalue weighted by atomic mass is 10.3. The van der Waals surface area contributed by atoms with E-state index in [0.717, 1.165) is 0 Å². The highest BCUT2D eigenvalue weighted by atomic mass is 31.2. The fourth-order valence-electron chi connectivity index (χ4n) is 1.30. The van der Waals surface area contributed by atoms with Crippen molar-refractivity contribution in [1.29, 1.82) is 0 Å². The van der Waals surface area contributed by atoms with E-state index in [1.807, 2.05) is 6.92 Å². The first-order chi connectivity index (χ1) is 8.07. The molecule has 1 aromatic heterocycles. The Bertz CT molecular complexity index is 462. The van der Waals surface area contributed by atoms with E-state index in [4.69, 9.17) is 9.05 Å². The van der Waals surface area contributed by atoms with Crippen LogP contribution in [0.15, 0.2) is 11.0 Å². The van der Waals surface area contributed by atoms with Crippen molar-refractivity contribution in [3.05, 3.63) is 22.1 Å². The molecule has 0 radical (unpaired) electrons. The zero-order valence-corrected chi connectivity index (χ0v) is 11.1. The molecule has 0 fully saturated rings. The van der Waals surface area contributed by atoms with Gasteiger partial charge in [0.05, 0.1) is 13.2 Å². The van der Waals surface area contributed by atoms with Gasteiger partial charge in [0.1, 0.15) is 0 Å². The zero-order valence-electron chi connectivity index (χ0n) is 10.2. The SMILES string of the molecule is CCOP(=O)(OCC)c1ncc(CC)c(=O)[nH]1. The first-order valence-electron chi connectivity index (χ1n) is 5.55. The van der Waals surface area contributed by atoms with Crippen LogP contribution in [0.5, 0.6) is 0 Å². The minimum absolute atomic E-state index is 0.0385. The normalized spacial score (nSPS) is 11.7. The van der Waals surface area contributed by atoms with Gasteiger partial charge in [0.25, 0.3) is 5.56 Å². The Hall–Kier alpha value is -0.970. The molecule has 1 rings (SSSR count). The molecule has 0 atom stereocenters. The second kappa shape index (κ2) is 6.10. The predicted octanol–water partition coefficient (Wildman–Crippen LogP) is 1.22. The second-order valence-corrected chi connectivity index (χ2v) is 5.18. The third-order valence-electron chi connectivity index (χ3n) is 2.10. The van der Waals surface area contributed by atoms with E-state index in [2.05, 4.69) is 9.97 Å². The fraction of sp³-hybridized carbons (Fsp3) is 0.600. The van der Waals surface area contributed by atoms with Crippen LogP contribution in [-0.4, -0.2) is 23.2 Å². The molecule has 1 aromatic rings. The lowest BCUT2D eigenvalue weighted by molar-refractivity contribution is 0.228. The van der Waals surface area contributed by atoms with Crippen LogP contribution in [0.25, 0.3) is 0 Å². The molecular weight excluding hydrogens is 243 g/mol. The number of aromatic nitrogens is 2. The van der Waals surface area contributed by atoms with Crippen LogP contribution in [0.4, 0.5) is 0 Å². The molecule has 7 heteroatoms. The van der Waals surface area contributed by atoms with Crippen LogP contribution in [0.3, 0.4) is 0 Å². The third kappa shape index (κ3) is 3.25. The molecule has 0 aliphatic carbocycles. The summed E-state index contributed by atoms with van der Waals surface area (Å²) >= 11 is 0. The molecule has 0 saturated carbocycles. The van der Waals surface area contributed by atoms with Gasteiger partial charge in [-0.25, -0.2) is 4.98 Å². The highest BCUT2D eigenvalue weighted by molar-refractivity contribution is 7.61. The van der Waals surface area contributed by atoms with Gasteiger partial charge in [0.2, 0.25) is 5.57 Å². The highest BCUT2D eigenvalue weighted by Gasteiger charge is 2.29. The Morgan fingerprint density at radius 1 is 1.29 bits per heavy atom. The smallest absolute Gasteiger partial charge is 0.303 e. The Kier molecular flexibility index (Phi) is 5.05. The summed E-state index contributed by atoms with van der Waals surface area (Å²) in [5.41, 5.74) is 0.189. The van der Waals surface area contributed by atoms with Gasteiger partial charge >= 0.3 is 7.60 Å². The molecule has 0 amide bonds. The first-order valence-corrected chi connectivity index (χ1v) is 7.09. The standard InChI is InChI=1S/C10H17N2O4P/c1-4-8-7-11-10(12-9(8)13)17(14,15-5-2)16-6-3/h7H,4-6H2,1-3H3,(H,11,12,13). The van der Waals surface area contributed by atoms with Gasteiger partial charge in [0.15, 0.2) is 0 Å². The molecule has 0 saturated heterocycles. The van der Waals surface area contributed by atoms with E-state index in [1.54, 1.807) is 13.8 Å². The molecule has 1 N–H and O–H groups in total. The summed E-state index contributed by atoms with van der Waals surface area (Å²) in [6.07, 6.45) is 1.97. The van der Waals surface area contributed by atoms with Crippen LogP contribution in [-0.2, 0) is 20.0 Å². The van der Waals surface area contributed by atoms with Gasteiger partial charge in [-0.1, -0.05) is 6.92 Å². The summed E-state index contributed by atoms with van der Waals surface area (Å²) in [5, 5.41) is 0. The lowest BCUT2D eigenvalue weighted by Gasteiger charge is -2.15. The van der Waals surface area contributed by atoms with Crippen molar-refractivity contribution in [1.82, 2.24) is 9.97 Å². The Morgan fingerprint density at radius 3 is 2.29 bits per heavy atom. The van der Waals surface area contributed by atoms with Gasteiger partial charge in [-0.05, 0) is 20.3 Å². The summed E-state index contributed by atoms with van der Waals surface area (Å²) in [5.74, 6) is 0. The quantitative estimate of drug-likeness (QED) is 0.778. The maximum atomic E-state index is 12.3. The number of hydrogen-bond donors (Lipinski definition) is 1. The van der Waals surface area contributed by atoms with Crippen molar-refractivity contribution in [3.63, 3.8) is 0 Å². The Labute approximate surface area is 99.9 Å². The maximum absolute atomic E-state index is 12.3. The Morgan fingerprint density at radius 2 is 1.88 bits per heavy atom. The van der Waals surface area contributed by atoms with E-state index in [0.29, 0.717) is 12.0 Å². The van der Waals surface area contributed by atoms with Crippen molar-refractivity contribution >= 4 is 13.2 Å². The molecule has 0 unspecified atom stereocenters. The minimum Gasteiger partial charge on any atom is -0.303 e. The molecule has 0 bridgehead atoms. The molecule has 0 aliphatic rings. The van der Waals surface area contributed by atoms with Crippen LogP contribution < -0.4 is 11.1 Å². The number of aromatic amines is 1. The summed E-state index contributed by atoms with van der Waals surface area (Å²) < 4.78 is 22.5. The molecule has 17 heavy (non-hydrogen) atoms. The number of nitrogens with zero attached hydrogens (tertiary/aromatic N) is 1. The number of hydrogen-bond acceptors (Lipinski definition) is 5. The van der Waals surface area contributed by atoms with Gasteiger partial charge in [-0.2, -0.15) is 0 Å². The molecule has 0 aromatic carbocycles. The summed E-state index contributed by atoms with van der Waals surface area (Å²) in [6, 6.07) is 0. The number of rotatable bonds is 6. The van der Waals surface area contributed by atoms with Crippen LogP contribution >= 0.6 is 7.60 Å². The van der Waals surface area contributed by atoms with E-state index < -0.39 is 7.60 Å². The van der Waals surface area contributed by atoms with Crippen molar-refractivity contribution < 1.29 is 13.6 Å². The van der Waals surface area contributed by atoms with Gasteiger partial charge < -0.3 is 9.05 Å². The van der Waals surface area contributed by atoms with Gasteiger partial charge in [-0.3, -0.25) is 14.3 Å². The number of aryl methyl sites for hydroxylation is 1. The molecule has 0 aliphatic heterocycles. The van der Waals surface area contributed by atoms with Crippen LogP contribution in [0, 0.1) is 0 Å². The summed E-state index contributed by atoms with van der Waals surface area (Å²) in [7, 11) is -3.50. The van der Waals surface area contributed by atoms with E-state index >= 15 is 0 Å². The van der Waals surface area contributed by atoms with Crippen molar-refractivity contribution in [3.8, 4) is 0 Å². The van der Waals surface area contributed by atoms with E-state index in [9.17, 15) is 9.36 Å². The van der Waals surface area contributed by atoms with E-state index in [1.165, 1.54) is 6.20 Å². The number of nitrogens with one attached hydrogen (secondary N) is 1. The first kappa shape index (κ1) is 14.1. The average molecular weight is 260 g/mol. The van der Waals surface area contributed by atoms with E-state index in [-0.39, 0.29) is 24.3 Å². The van der Waals surface area contributed by atoms with Gasteiger partial charge in [0, 0.05) is 11.8 Å². The topological polar surface area (TPSA) is 81.3 Å². The molecular formula is C10H17N2O4P. The van der Waals surface area contributed by atoms with Crippen molar-refractivity contribution in [2.24, 2.45) is 0 Å². The second-order valence-electron chi connectivity index (χ2n) is 3.25. The molecule has 96 valence electrons. The van der Waals surface area contributed by atoms with Crippen LogP contribution in [0.1, 0.15) is 26.3 Å². The minimum atomic E-state index is -3.50. The van der Waals surface area contributed by atoms with Crippen molar-refractivity contribution in [2.75, 3.05) is 13.2 Å². The van der Waals surface area contributed by atoms with Gasteiger partial charge in [-0.15, -0.1) is 0 Å². The number of H-pyrrole nitrogens is 1. The third-order valence-corrected chi connectivity index (χ3v) is 4.04. The zero-order chi connectivity index (χ0) is 12.9. The predicted molar refractivity (Wildman–Crippen MR) is 64.7 cm³/mol.